The van der Waals surface area contributed by atoms with E-state index in [4.69, 9.17) is 0 Å². The summed E-state index contributed by atoms with van der Waals surface area (Å²) in [5.74, 6) is -0.190. The number of rotatable bonds is 1. The summed E-state index contributed by atoms with van der Waals surface area (Å²) < 4.78 is 15.2. The van der Waals surface area contributed by atoms with Crippen molar-refractivity contribution in [1.29, 1.82) is 0 Å². The number of benzene rings is 1. The van der Waals surface area contributed by atoms with E-state index in [-0.39, 0.29) is 5.82 Å². The maximum atomic E-state index is 13.2. The molecule has 0 spiro atoms. The first-order valence-corrected chi connectivity index (χ1v) is 5.68. The molecule has 0 N–H and O–H groups in total. The summed E-state index contributed by atoms with van der Waals surface area (Å²) in [7, 11) is 1.95. The van der Waals surface area contributed by atoms with Crippen LogP contribution in [0, 0.1) is 5.82 Å². The van der Waals surface area contributed by atoms with Crippen molar-refractivity contribution in [3.8, 4) is 0 Å². The Morgan fingerprint density at radius 1 is 1.35 bits per heavy atom. The molecular weight excluding hydrogens is 215 g/mol. The number of aliphatic imine (C=N–C) groups is 1. The molecule has 0 aliphatic carbocycles. The third-order valence-electron chi connectivity index (χ3n) is 3.18. The number of halogens is 1. The normalized spacial score (nSPS) is 15.3. The predicted octanol–water partition coefficient (Wildman–Crippen LogP) is 3.18. The molecule has 3 rings (SSSR count). The van der Waals surface area contributed by atoms with Crippen molar-refractivity contribution in [2.75, 3.05) is 6.54 Å². The molecule has 0 radical (unpaired) electrons. The average Bonchev–Trinajstić information content (AvgIpc) is 2.68. The predicted molar refractivity (Wildman–Crippen MR) is 68.8 cm³/mol. The van der Waals surface area contributed by atoms with E-state index in [9.17, 15) is 4.39 Å². The van der Waals surface area contributed by atoms with Gasteiger partial charge in [-0.25, -0.2) is 4.39 Å². The summed E-state index contributed by atoms with van der Waals surface area (Å²) in [4.78, 5) is 4.19. The van der Waals surface area contributed by atoms with Gasteiger partial charge in [-0.2, -0.15) is 0 Å². The van der Waals surface area contributed by atoms with Crippen molar-refractivity contribution in [2.45, 2.75) is 6.42 Å². The lowest BCUT2D eigenvalue weighted by molar-refractivity contribution is 0.629. The fraction of sp³-hybridized carbons (Fsp3) is 0.214. The van der Waals surface area contributed by atoms with E-state index in [1.54, 1.807) is 6.07 Å². The van der Waals surface area contributed by atoms with Gasteiger partial charge in [0.25, 0.3) is 0 Å². The Labute approximate surface area is 99.1 Å². The number of dihydropyridines is 1. The summed E-state index contributed by atoms with van der Waals surface area (Å²) in [6.07, 6.45) is 7.00. The number of aromatic nitrogens is 1. The largest absolute Gasteiger partial charge is 0.350 e. The highest BCUT2D eigenvalue weighted by molar-refractivity contribution is 5.96. The Bertz CT molecular complexity index is 635. The van der Waals surface area contributed by atoms with Crippen molar-refractivity contribution in [3.63, 3.8) is 0 Å². The zero-order valence-electron chi connectivity index (χ0n) is 9.65. The molecule has 0 fully saturated rings. The first-order valence-electron chi connectivity index (χ1n) is 5.68. The Morgan fingerprint density at radius 3 is 3.00 bits per heavy atom. The summed E-state index contributed by atoms with van der Waals surface area (Å²) in [5, 5.41) is 1.11. The zero-order chi connectivity index (χ0) is 11.8. The minimum absolute atomic E-state index is 0.190. The topological polar surface area (TPSA) is 17.3 Å². The third-order valence-corrected chi connectivity index (χ3v) is 3.18. The van der Waals surface area contributed by atoms with Gasteiger partial charge in [0.15, 0.2) is 0 Å². The van der Waals surface area contributed by atoms with Crippen molar-refractivity contribution < 1.29 is 4.39 Å². The maximum absolute atomic E-state index is 13.2. The highest BCUT2D eigenvalue weighted by atomic mass is 19.1. The zero-order valence-corrected chi connectivity index (χ0v) is 9.65. The van der Waals surface area contributed by atoms with Crippen LogP contribution in [0.5, 0.6) is 0 Å². The van der Waals surface area contributed by atoms with Gasteiger partial charge < -0.3 is 4.57 Å². The monoisotopic (exact) mass is 228 g/mol. The van der Waals surface area contributed by atoms with Crippen LogP contribution in [-0.4, -0.2) is 17.3 Å². The first kappa shape index (κ1) is 10.3. The Hall–Kier alpha value is -1.90. The Kier molecular flexibility index (Phi) is 2.32. The number of allylic oxidation sites excluding steroid dienone is 1. The van der Waals surface area contributed by atoms with Crippen LogP contribution in [0.1, 0.15) is 12.0 Å². The number of hydrogen-bond donors (Lipinski definition) is 0. The Morgan fingerprint density at radius 2 is 2.24 bits per heavy atom. The molecule has 17 heavy (non-hydrogen) atoms. The molecular formula is C14H13FN2. The number of hydrogen-bond acceptors (Lipinski definition) is 1. The van der Waals surface area contributed by atoms with Gasteiger partial charge in [-0.05, 0) is 23.8 Å². The lowest BCUT2D eigenvalue weighted by Crippen LogP contribution is -1.93. The van der Waals surface area contributed by atoms with Gasteiger partial charge in [0.1, 0.15) is 5.82 Å². The molecule has 1 aromatic heterocycles. The molecule has 86 valence electrons. The second kappa shape index (κ2) is 3.84. The maximum Gasteiger partial charge on any atom is 0.125 e. The SMILES string of the molecule is Cn1cc(C2=CCN=CC2)c2ccc(F)cc21. The molecule has 1 aliphatic heterocycles. The van der Waals surface area contributed by atoms with Crippen molar-refractivity contribution in [2.24, 2.45) is 12.0 Å². The molecule has 0 atom stereocenters. The molecule has 1 aromatic carbocycles. The Balaban J connectivity index is 2.20. The molecule has 1 aliphatic rings. The minimum atomic E-state index is -0.190. The van der Waals surface area contributed by atoms with Crippen molar-refractivity contribution in [1.82, 2.24) is 4.57 Å². The van der Waals surface area contributed by atoms with Gasteiger partial charge >= 0.3 is 0 Å². The van der Waals surface area contributed by atoms with Crippen LogP contribution in [0.2, 0.25) is 0 Å². The second-order valence-corrected chi connectivity index (χ2v) is 4.30. The van der Waals surface area contributed by atoms with Gasteiger partial charge in [0, 0.05) is 36.8 Å². The van der Waals surface area contributed by atoms with Crippen LogP contribution in [0.3, 0.4) is 0 Å². The summed E-state index contributed by atoms with van der Waals surface area (Å²) in [5.41, 5.74) is 3.40. The molecule has 2 nitrogen and oxygen atoms in total. The van der Waals surface area contributed by atoms with Crippen molar-refractivity contribution in [3.05, 3.63) is 41.9 Å². The summed E-state index contributed by atoms with van der Waals surface area (Å²) in [6.45, 7) is 0.743. The van der Waals surface area contributed by atoms with E-state index < -0.39 is 0 Å². The van der Waals surface area contributed by atoms with Crippen LogP contribution in [-0.2, 0) is 7.05 Å². The lowest BCUT2D eigenvalue weighted by Gasteiger charge is -2.06. The quantitative estimate of drug-likeness (QED) is 0.713. The van der Waals surface area contributed by atoms with Crippen LogP contribution < -0.4 is 0 Å². The van der Waals surface area contributed by atoms with E-state index in [1.165, 1.54) is 17.2 Å². The van der Waals surface area contributed by atoms with E-state index in [2.05, 4.69) is 17.3 Å². The second-order valence-electron chi connectivity index (χ2n) is 4.30. The van der Waals surface area contributed by atoms with Gasteiger partial charge in [0.2, 0.25) is 0 Å². The highest BCUT2D eigenvalue weighted by Gasteiger charge is 2.11. The van der Waals surface area contributed by atoms with E-state index in [0.29, 0.717) is 0 Å². The van der Waals surface area contributed by atoms with Gasteiger partial charge in [-0.3, -0.25) is 4.99 Å². The molecule has 2 heterocycles. The lowest BCUT2D eigenvalue weighted by atomic mass is 10.0. The molecule has 0 amide bonds. The van der Waals surface area contributed by atoms with Crippen molar-refractivity contribution >= 4 is 22.7 Å². The molecule has 0 unspecified atom stereocenters. The number of fused-ring (bicyclic) bond motifs is 1. The average molecular weight is 228 g/mol. The molecule has 2 aromatic rings. The van der Waals surface area contributed by atoms with Gasteiger partial charge in [-0.1, -0.05) is 6.08 Å². The van der Waals surface area contributed by atoms with Crippen LogP contribution in [0.15, 0.2) is 35.5 Å². The summed E-state index contributed by atoms with van der Waals surface area (Å²) >= 11 is 0. The van der Waals surface area contributed by atoms with E-state index in [0.717, 1.165) is 23.9 Å². The molecule has 0 saturated carbocycles. The highest BCUT2D eigenvalue weighted by Crippen LogP contribution is 2.29. The van der Waals surface area contributed by atoms with Crippen LogP contribution in [0.25, 0.3) is 16.5 Å². The third kappa shape index (κ3) is 1.68. The first-order chi connectivity index (χ1) is 8.25. The van der Waals surface area contributed by atoms with E-state index in [1.807, 2.05) is 23.9 Å². The smallest absolute Gasteiger partial charge is 0.125 e. The molecule has 0 bridgehead atoms. The van der Waals surface area contributed by atoms with E-state index >= 15 is 0 Å². The van der Waals surface area contributed by atoms with Crippen LogP contribution >= 0.6 is 0 Å². The van der Waals surface area contributed by atoms with Crippen LogP contribution in [0.4, 0.5) is 4.39 Å². The standard InChI is InChI=1S/C14H13FN2/c1-17-9-13(10-4-6-16-7-5-10)12-3-2-11(15)8-14(12)17/h2-4,7-9H,5-6H2,1H3. The molecule has 0 saturated heterocycles. The number of nitrogens with zero attached hydrogens (tertiary/aromatic N) is 2. The fourth-order valence-electron chi connectivity index (χ4n) is 2.32. The fourth-order valence-corrected chi connectivity index (χ4v) is 2.32. The minimum Gasteiger partial charge on any atom is -0.350 e. The number of aryl methyl sites for hydroxylation is 1. The van der Waals surface area contributed by atoms with Gasteiger partial charge in [-0.15, -0.1) is 0 Å². The molecule has 3 heteroatoms. The summed E-state index contributed by atoms with van der Waals surface area (Å²) in [6, 6.07) is 4.95. The van der Waals surface area contributed by atoms with Gasteiger partial charge in [0.05, 0.1) is 12.1 Å².